The van der Waals surface area contributed by atoms with Crippen LogP contribution >= 0.6 is 23.2 Å². The van der Waals surface area contributed by atoms with E-state index in [0.29, 0.717) is 16.0 Å². The van der Waals surface area contributed by atoms with Crippen molar-refractivity contribution in [2.45, 2.75) is 31.8 Å². The van der Waals surface area contributed by atoms with Crippen LogP contribution in [-0.4, -0.2) is 32.8 Å². The Labute approximate surface area is 165 Å². The van der Waals surface area contributed by atoms with Crippen molar-refractivity contribution in [1.29, 1.82) is 0 Å². The molecule has 2 aromatic rings. The molecule has 0 amide bonds. The average molecular weight is 391 g/mol. The highest BCUT2D eigenvalue weighted by molar-refractivity contribution is 6.36. The second kappa shape index (κ2) is 7.30. The van der Waals surface area contributed by atoms with Crippen LogP contribution in [0.25, 0.3) is 11.1 Å². The van der Waals surface area contributed by atoms with E-state index in [-0.39, 0.29) is 6.10 Å². The third-order valence-corrected chi connectivity index (χ3v) is 5.95. The van der Waals surface area contributed by atoms with Crippen LogP contribution in [0.3, 0.4) is 0 Å². The molecule has 0 aliphatic carbocycles. The molecule has 3 nitrogen and oxygen atoms in total. The third kappa shape index (κ3) is 3.17. The Morgan fingerprint density at radius 1 is 1.23 bits per heavy atom. The second-order valence-electron chi connectivity index (χ2n) is 7.22. The van der Waals surface area contributed by atoms with E-state index in [1.54, 1.807) is 0 Å². The third-order valence-electron chi connectivity index (χ3n) is 5.40. The lowest BCUT2D eigenvalue weighted by molar-refractivity contribution is 0.172. The van der Waals surface area contributed by atoms with Crippen molar-refractivity contribution < 1.29 is 4.74 Å². The van der Waals surface area contributed by atoms with Gasteiger partial charge in [0.25, 0.3) is 0 Å². The van der Waals surface area contributed by atoms with Crippen LogP contribution < -0.4 is 15.0 Å². The average Bonchev–Trinajstić information content (AvgIpc) is 3.00. The number of benzene rings is 2. The molecular formula is C21H24Cl2N2O. The molecule has 2 aliphatic heterocycles. The highest BCUT2D eigenvalue weighted by Gasteiger charge is 2.38. The molecule has 2 aliphatic rings. The normalized spacial score (nSPS) is 21.1. The van der Waals surface area contributed by atoms with Gasteiger partial charge < -0.3 is 15.0 Å². The zero-order valence-electron chi connectivity index (χ0n) is 15.2. The fourth-order valence-corrected chi connectivity index (χ4v) is 4.61. The van der Waals surface area contributed by atoms with Crippen molar-refractivity contribution in [3.63, 3.8) is 0 Å². The van der Waals surface area contributed by atoms with E-state index < -0.39 is 0 Å². The highest BCUT2D eigenvalue weighted by atomic mass is 35.5. The Morgan fingerprint density at radius 2 is 2.08 bits per heavy atom. The minimum atomic E-state index is 0.274. The van der Waals surface area contributed by atoms with E-state index >= 15 is 0 Å². The van der Waals surface area contributed by atoms with Gasteiger partial charge in [-0.3, -0.25) is 0 Å². The van der Waals surface area contributed by atoms with Crippen LogP contribution in [0.15, 0.2) is 30.3 Å². The van der Waals surface area contributed by atoms with Gasteiger partial charge in [-0.15, -0.1) is 0 Å². The SMILES string of the molecule is CCCN(C)c1cc(-c2ccc(Cl)cc2Cl)cc2c1O[C@H]1CCNC[C@@H]21. The summed E-state index contributed by atoms with van der Waals surface area (Å²) in [6, 6.07) is 10.2. The van der Waals surface area contributed by atoms with Crippen LogP contribution in [0.1, 0.15) is 31.2 Å². The van der Waals surface area contributed by atoms with Crippen molar-refractivity contribution in [3.05, 3.63) is 45.9 Å². The van der Waals surface area contributed by atoms with E-state index in [4.69, 9.17) is 27.9 Å². The van der Waals surface area contributed by atoms with Gasteiger partial charge in [-0.1, -0.05) is 36.2 Å². The number of halogens is 2. The van der Waals surface area contributed by atoms with Crippen LogP contribution in [0.2, 0.25) is 10.0 Å². The Balaban J connectivity index is 1.85. The van der Waals surface area contributed by atoms with E-state index in [0.717, 1.165) is 55.0 Å². The lowest BCUT2D eigenvalue weighted by Crippen LogP contribution is -2.37. The van der Waals surface area contributed by atoms with Gasteiger partial charge in [-0.2, -0.15) is 0 Å². The molecule has 4 rings (SSSR count). The molecule has 1 N–H and O–H groups in total. The summed E-state index contributed by atoms with van der Waals surface area (Å²) in [5.41, 5.74) is 4.58. The van der Waals surface area contributed by atoms with Crippen molar-refractivity contribution in [2.75, 3.05) is 31.6 Å². The van der Waals surface area contributed by atoms with Gasteiger partial charge in [0.05, 0.1) is 5.69 Å². The maximum atomic E-state index is 6.50. The zero-order valence-corrected chi connectivity index (χ0v) is 16.7. The van der Waals surface area contributed by atoms with Crippen LogP contribution in [-0.2, 0) is 0 Å². The minimum absolute atomic E-state index is 0.274. The number of piperidine rings is 1. The first kappa shape index (κ1) is 18.0. The number of nitrogens with zero attached hydrogens (tertiary/aromatic N) is 1. The summed E-state index contributed by atoms with van der Waals surface area (Å²) in [6.45, 7) is 5.17. The first-order chi connectivity index (χ1) is 12.6. The number of hydrogen-bond acceptors (Lipinski definition) is 3. The van der Waals surface area contributed by atoms with Crippen LogP contribution in [0.5, 0.6) is 5.75 Å². The van der Waals surface area contributed by atoms with Crippen molar-refractivity contribution in [1.82, 2.24) is 5.32 Å². The summed E-state index contributed by atoms with van der Waals surface area (Å²) in [5.74, 6) is 1.45. The summed E-state index contributed by atoms with van der Waals surface area (Å²) in [6.07, 6.45) is 2.41. The van der Waals surface area contributed by atoms with Gasteiger partial charge in [0.15, 0.2) is 0 Å². The van der Waals surface area contributed by atoms with Gasteiger partial charge in [-0.25, -0.2) is 0 Å². The lowest BCUT2D eigenvalue weighted by Gasteiger charge is -2.25. The Morgan fingerprint density at radius 3 is 2.85 bits per heavy atom. The lowest BCUT2D eigenvalue weighted by atomic mass is 9.88. The first-order valence-electron chi connectivity index (χ1n) is 9.30. The minimum Gasteiger partial charge on any atom is -0.487 e. The van der Waals surface area contributed by atoms with E-state index in [1.165, 1.54) is 5.56 Å². The molecule has 5 heteroatoms. The zero-order chi connectivity index (χ0) is 18.3. The molecule has 0 bridgehead atoms. The molecule has 0 saturated carbocycles. The van der Waals surface area contributed by atoms with Crippen molar-refractivity contribution in [3.8, 4) is 16.9 Å². The fourth-order valence-electron chi connectivity index (χ4n) is 4.09. The molecule has 1 saturated heterocycles. The van der Waals surface area contributed by atoms with Gasteiger partial charge in [0, 0.05) is 47.2 Å². The standard InChI is InChI=1S/C21H24Cl2N2O/c1-3-8-25(2)19-10-13(15-5-4-14(22)11-18(15)23)9-16-17-12-24-7-6-20(17)26-21(16)19/h4-5,9-11,17,20,24H,3,6-8,12H2,1-2H3/t17-,20-/m0/s1. The Bertz CT molecular complexity index is 824. The van der Waals surface area contributed by atoms with Crippen LogP contribution in [0.4, 0.5) is 5.69 Å². The molecule has 1 fully saturated rings. The molecule has 2 aromatic carbocycles. The van der Waals surface area contributed by atoms with Crippen molar-refractivity contribution in [2.24, 2.45) is 0 Å². The second-order valence-corrected chi connectivity index (χ2v) is 8.06. The molecule has 2 atom stereocenters. The summed E-state index contributed by atoms with van der Waals surface area (Å²) in [5, 5.41) is 4.85. The topological polar surface area (TPSA) is 24.5 Å². The largest absolute Gasteiger partial charge is 0.487 e. The molecule has 2 heterocycles. The summed E-state index contributed by atoms with van der Waals surface area (Å²) >= 11 is 12.6. The van der Waals surface area contributed by atoms with E-state index in [2.05, 4.69) is 36.3 Å². The number of hydrogen-bond donors (Lipinski definition) is 1. The number of fused-ring (bicyclic) bond motifs is 3. The van der Waals surface area contributed by atoms with E-state index in [1.807, 2.05) is 18.2 Å². The Hall–Kier alpha value is -1.42. The number of rotatable bonds is 4. The predicted octanol–water partition coefficient (Wildman–Crippen LogP) is 5.34. The van der Waals surface area contributed by atoms with Gasteiger partial charge in [-0.05, 0) is 49.2 Å². The monoisotopic (exact) mass is 390 g/mol. The number of anilines is 1. The summed E-state index contributed by atoms with van der Waals surface area (Å²) < 4.78 is 6.41. The molecule has 0 aromatic heterocycles. The van der Waals surface area contributed by atoms with Gasteiger partial charge >= 0.3 is 0 Å². The van der Waals surface area contributed by atoms with Crippen molar-refractivity contribution >= 4 is 28.9 Å². The highest BCUT2D eigenvalue weighted by Crippen LogP contribution is 2.48. The van der Waals surface area contributed by atoms with Crippen LogP contribution in [0, 0.1) is 0 Å². The maximum absolute atomic E-state index is 6.50. The smallest absolute Gasteiger partial charge is 0.146 e. The molecule has 138 valence electrons. The molecular weight excluding hydrogens is 367 g/mol. The quantitative estimate of drug-likeness (QED) is 0.761. The molecule has 0 spiro atoms. The summed E-state index contributed by atoms with van der Waals surface area (Å²) in [4.78, 5) is 2.29. The fraction of sp³-hybridized carbons (Fsp3) is 0.429. The first-order valence-corrected chi connectivity index (χ1v) is 10.1. The maximum Gasteiger partial charge on any atom is 0.146 e. The number of ether oxygens (including phenoxy) is 1. The predicted molar refractivity (Wildman–Crippen MR) is 110 cm³/mol. The molecule has 0 radical (unpaired) electrons. The Kier molecular flexibility index (Phi) is 5.05. The van der Waals surface area contributed by atoms with Gasteiger partial charge in [0.1, 0.15) is 11.9 Å². The molecule has 26 heavy (non-hydrogen) atoms. The summed E-state index contributed by atoms with van der Waals surface area (Å²) in [7, 11) is 2.13. The number of nitrogens with one attached hydrogen (secondary N) is 1. The van der Waals surface area contributed by atoms with Gasteiger partial charge in [0.2, 0.25) is 0 Å². The molecule has 0 unspecified atom stereocenters. The van der Waals surface area contributed by atoms with E-state index in [9.17, 15) is 0 Å².